The molecule has 3 aromatic rings. The Kier molecular flexibility index (Phi) is 4.53. The molecule has 3 N–H and O–H groups in total. The molecular formula is C19H15F2N3O5. The molecule has 8 nitrogen and oxygen atoms in total. The molecule has 0 spiro atoms. The van der Waals surface area contributed by atoms with Gasteiger partial charge in [0, 0.05) is 19.0 Å². The molecule has 1 saturated heterocycles. The zero-order valence-electron chi connectivity index (χ0n) is 15.0. The quantitative estimate of drug-likeness (QED) is 0.679. The maximum Gasteiger partial charge on any atom is 0.291 e. The van der Waals surface area contributed by atoms with Crippen molar-refractivity contribution in [3.8, 4) is 0 Å². The predicted octanol–water partition coefficient (Wildman–Crippen LogP) is 2.78. The number of anilines is 1. The van der Waals surface area contributed by atoms with Crippen LogP contribution in [0.4, 0.5) is 14.5 Å². The number of benzene rings is 1. The SMILES string of the molecule is NC(=O)c1oc2c(F)cc(F)cc2c1NC(=O)c1ccc(CN2CCCC2=O)o1. The van der Waals surface area contributed by atoms with Gasteiger partial charge in [-0.15, -0.1) is 0 Å². The number of nitrogens with zero attached hydrogens (tertiary/aromatic N) is 1. The van der Waals surface area contributed by atoms with E-state index in [2.05, 4.69) is 5.32 Å². The summed E-state index contributed by atoms with van der Waals surface area (Å²) in [6, 6.07) is 4.43. The summed E-state index contributed by atoms with van der Waals surface area (Å²) in [6.45, 7) is 0.838. The Hall–Kier alpha value is -3.69. The highest BCUT2D eigenvalue weighted by atomic mass is 19.1. The maximum absolute atomic E-state index is 13.9. The van der Waals surface area contributed by atoms with Crippen LogP contribution in [0.5, 0.6) is 0 Å². The number of amides is 3. The number of likely N-dealkylation sites (tertiary alicyclic amines) is 1. The number of halogens is 2. The van der Waals surface area contributed by atoms with Gasteiger partial charge in [-0.3, -0.25) is 14.4 Å². The van der Waals surface area contributed by atoms with Crippen LogP contribution in [-0.4, -0.2) is 29.2 Å². The summed E-state index contributed by atoms with van der Waals surface area (Å²) in [6.07, 6.45) is 1.24. The maximum atomic E-state index is 13.9. The molecule has 2 aromatic heterocycles. The van der Waals surface area contributed by atoms with E-state index in [1.165, 1.54) is 6.07 Å². The van der Waals surface area contributed by atoms with Gasteiger partial charge < -0.3 is 24.8 Å². The number of nitrogens with one attached hydrogen (secondary N) is 1. The highest BCUT2D eigenvalue weighted by Crippen LogP contribution is 2.33. The zero-order chi connectivity index (χ0) is 20.7. The number of hydrogen-bond acceptors (Lipinski definition) is 5. The molecule has 0 saturated carbocycles. The van der Waals surface area contributed by atoms with E-state index in [0.717, 1.165) is 12.5 Å². The van der Waals surface area contributed by atoms with Crippen molar-refractivity contribution in [2.45, 2.75) is 19.4 Å². The van der Waals surface area contributed by atoms with Crippen molar-refractivity contribution in [1.82, 2.24) is 4.90 Å². The molecular weight excluding hydrogens is 388 g/mol. The average Bonchev–Trinajstić information content (AvgIpc) is 3.36. The molecule has 4 rings (SSSR count). The fourth-order valence-electron chi connectivity index (χ4n) is 3.24. The first-order chi connectivity index (χ1) is 13.8. The van der Waals surface area contributed by atoms with Gasteiger partial charge in [0.15, 0.2) is 17.2 Å². The second-order valence-corrected chi connectivity index (χ2v) is 6.57. The first kappa shape index (κ1) is 18.7. The topological polar surface area (TPSA) is 119 Å². The normalized spacial score (nSPS) is 14.0. The molecule has 150 valence electrons. The highest BCUT2D eigenvalue weighted by molar-refractivity contribution is 6.13. The molecule has 0 unspecified atom stereocenters. The monoisotopic (exact) mass is 403 g/mol. The molecule has 1 aliphatic heterocycles. The standard InChI is InChI=1S/C19H15F2N3O5/c20-9-6-11-15(17(18(22)26)29-16(11)12(21)7-9)23-19(27)13-4-3-10(28-13)8-24-5-1-2-14(24)25/h3-4,6-7H,1-2,5,8H2,(H2,22,26)(H,23,27). The Labute approximate surface area is 162 Å². The van der Waals surface area contributed by atoms with Gasteiger partial charge in [0.2, 0.25) is 11.7 Å². The van der Waals surface area contributed by atoms with Gasteiger partial charge in [0.1, 0.15) is 17.3 Å². The minimum absolute atomic E-state index is 0.00687. The molecule has 0 bridgehead atoms. The smallest absolute Gasteiger partial charge is 0.291 e. The van der Waals surface area contributed by atoms with Gasteiger partial charge in [-0.25, -0.2) is 8.78 Å². The van der Waals surface area contributed by atoms with E-state index in [0.29, 0.717) is 24.8 Å². The van der Waals surface area contributed by atoms with Crippen molar-refractivity contribution in [2.75, 3.05) is 11.9 Å². The lowest BCUT2D eigenvalue weighted by Gasteiger charge is -2.12. The van der Waals surface area contributed by atoms with Crippen LogP contribution in [0, 0.1) is 11.6 Å². The lowest BCUT2D eigenvalue weighted by Crippen LogP contribution is -2.23. The second-order valence-electron chi connectivity index (χ2n) is 6.57. The summed E-state index contributed by atoms with van der Waals surface area (Å²) < 4.78 is 38.1. The molecule has 3 heterocycles. The lowest BCUT2D eigenvalue weighted by atomic mass is 10.2. The molecule has 1 aliphatic rings. The van der Waals surface area contributed by atoms with Crippen LogP contribution >= 0.6 is 0 Å². The van der Waals surface area contributed by atoms with Crippen LogP contribution in [-0.2, 0) is 11.3 Å². The Balaban J connectivity index is 1.61. The third-order valence-corrected chi connectivity index (χ3v) is 4.57. The molecule has 0 atom stereocenters. The summed E-state index contributed by atoms with van der Waals surface area (Å²) >= 11 is 0. The zero-order valence-corrected chi connectivity index (χ0v) is 15.0. The number of primary amides is 1. The Morgan fingerprint density at radius 1 is 1.21 bits per heavy atom. The van der Waals surface area contributed by atoms with Gasteiger partial charge in [-0.05, 0) is 24.6 Å². The Morgan fingerprint density at radius 2 is 2.00 bits per heavy atom. The van der Waals surface area contributed by atoms with Crippen LogP contribution in [0.2, 0.25) is 0 Å². The van der Waals surface area contributed by atoms with Crippen molar-refractivity contribution < 1.29 is 32.0 Å². The number of rotatable bonds is 5. The first-order valence-electron chi connectivity index (χ1n) is 8.72. The van der Waals surface area contributed by atoms with E-state index >= 15 is 0 Å². The van der Waals surface area contributed by atoms with Gasteiger partial charge in [-0.2, -0.15) is 0 Å². The number of nitrogens with two attached hydrogens (primary N) is 1. The van der Waals surface area contributed by atoms with Crippen molar-refractivity contribution in [3.05, 3.63) is 53.2 Å². The minimum atomic E-state index is -1.07. The summed E-state index contributed by atoms with van der Waals surface area (Å²) in [5.41, 5.74) is 4.55. The van der Waals surface area contributed by atoms with Crippen LogP contribution in [0.3, 0.4) is 0 Å². The van der Waals surface area contributed by atoms with Crippen molar-refractivity contribution in [1.29, 1.82) is 0 Å². The molecule has 0 radical (unpaired) electrons. The van der Waals surface area contributed by atoms with E-state index < -0.39 is 34.8 Å². The number of carbonyl (C=O) groups excluding carboxylic acids is 3. The van der Waals surface area contributed by atoms with E-state index in [1.807, 2.05) is 0 Å². The van der Waals surface area contributed by atoms with Gasteiger partial charge in [0.05, 0.1) is 11.9 Å². The Bertz CT molecular complexity index is 1150. The summed E-state index contributed by atoms with van der Waals surface area (Å²) in [4.78, 5) is 37.5. The molecule has 10 heteroatoms. The van der Waals surface area contributed by atoms with E-state index in [-0.39, 0.29) is 29.3 Å². The molecule has 1 aromatic carbocycles. The average molecular weight is 403 g/mol. The molecule has 0 aliphatic carbocycles. The van der Waals surface area contributed by atoms with Crippen molar-refractivity contribution in [2.24, 2.45) is 5.73 Å². The van der Waals surface area contributed by atoms with E-state index in [9.17, 15) is 23.2 Å². The predicted molar refractivity (Wildman–Crippen MR) is 96.0 cm³/mol. The first-order valence-corrected chi connectivity index (χ1v) is 8.72. The molecule has 29 heavy (non-hydrogen) atoms. The third kappa shape index (κ3) is 3.44. The minimum Gasteiger partial charge on any atom is -0.454 e. The number of fused-ring (bicyclic) bond motifs is 1. The fourth-order valence-corrected chi connectivity index (χ4v) is 3.24. The van der Waals surface area contributed by atoms with E-state index in [4.69, 9.17) is 14.6 Å². The second kappa shape index (κ2) is 7.04. The summed E-state index contributed by atoms with van der Waals surface area (Å²) in [7, 11) is 0. The van der Waals surface area contributed by atoms with Gasteiger partial charge >= 0.3 is 0 Å². The van der Waals surface area contributed by atoms with Gasteiger partial charge in [0.25, 0.3) is 11.8 Å². The van der Waals surface area contributed by atoms with E-state index in [1.54, 1.807) is 11.0 Å². The van der Waals surface area contributed by atoms with Crippen LogP contribution in [0.1, 0.15) is 39.7 Å². The largest absolute Gasteiger partial charge is 0.454 e. The summed E-state index contributed by atoms with van der Waals surface area (Å²) in [5, 5.41) is 2.21. The van der Waals surface area contributed by atoms with Gasteiger partial charge in [-0.1, -0.05) is 0 Å². The summed E-state index contributed by atoms with van der Waals surface area (Å²) in [5.74, 6) is -4.04. The highest BCUT2D eigenvalue weighted by Gasteiger charge is 2.25. The van der Waals surface area contributed by atoms with Crippen LogP contribution in [0.15, 0.2) is 33.1 Å². The lowest BCUT2D eigenvalue weighted by molar-refractivity contribution is -0.128. The third-order valence-electron chi connectivity index (χ3n) is 4.57. The Morgan fingerprint density at radius 3 is 2.69 bits per heavy atom. The van der Waals surface area contributed by atoms with Crippen LogP contribution < -0.4 is 11.1 Å². The molecule has 3 amide bonds. The number of furan rings is 2. The fraction of sp³-hybridized carbons (Fsp3) is 0.211. The van der Waals surface area contributed by atoms with Crippen LogP contribution in [0.25, 0.3) is 11.0 Å². The number of hydrogen-bond donors (Lipinski definition) is 2. The van der Waals surface area contributed by atoms with Crippen molar-refractivity contribution >= 4 is 34.4 Å². The molecule has 1 fully saturated rings. The number of carbonyl (C=O) groups is 3. The van der Waals surface area contributed by atoms with Crippen molar-refractivity contribution in [3.63, 3.8) is 0 Å².